The fourth-order valence-corrected chi connectivity index (χ4v) is 3.14. The lowest BCUT2D eigenvalue weighted by Crippen LogP contribution is -2.22. The lowest BCUT2D eigenvalue weighted by molar-refractivity contribution is -0.119. The molecule has 0 aromatic heterocycles. The molecule has 0 heterocycles. The minimum absolute atomic E-state index is 0.0273. The summed E-state index contributed by atoms with van der Waals surface area (Å²) in [6.07, 6.45) is 0. The predicted octanol–water partition coefficient (Wildman–Crippen LogP) is 4.41. The average molecular weight is 469 g/mol. The van der Waals surface area contributed by atoms with E-state index >= 15 is 0 Å². The zero-order chi connectivity index (χ0) is 23.8. The quantitative estimate of drug-likeness (QED) is 0.475. The van der Waals surface area contributed by atoms with Gasteiger partial charge in [-0.15, -0.1) is 0 Å². The van der Waals surface area contributed by atoms with Crippen LogP contribution in [0.5, 0.6) is 11.5 Å². The van der Waals surface area contributed by atoms with E-state index in [1.807, 2.05) is 6.07 Å². The van der Waals surface area contributed by atoms with Gasteiger partial charge in [0.2, 0.25) is 0 Å². The Morgan fingerprint density at radius 3 is 2.12 bits per heavy atom. The van der Waals surface area contributed by atoms with Crippen LogP contribution in [0.1, 0.15) is 20.7 Å². The fraction of sp³-hybridized carbons (Fsp3) is 0.125. The van der Waals surface area contributed by atoms with Crippen molar-refractivity contribution in [1.82, 2.24) is 0 Å². The number of anilines is 2. The van der Waals surface area contributed by atoms with Crippen LogP contribution >= 0.6 is 11.6 Å². The molecule has 0 saturated carbocycles. The van der Waals surface area contributed by atoms with Gasteiger partial charge in [0.05, 0.1) is 36.1 Å². The van der Waals surface area contributed by atoms with Crippen molar-refractivity contribution in [1.29, 1.82) is 0 Å². The van der Waals surface area contributed by atoms with Crippen molar-refractivity contribution in [3.8, 4) is 11.5 Å². The monoisotopic (exact) mass is 468 g/mol. The normalized spacial score (nSPS) is 10.2. The van der Waals surface area contributed by atoms with Crippen LogP contribution in [0.2, 0.25) is 5.02 Å². The van der Waals surface area contributed by atoms with Crippen LogP contribution in [0.3, 0.4) is 0 Å². The molecule has 8 nitrogen and oxygen atoms in total. The Balaban J connectivity index is 1.81. The summed E-state index contributed by atoms with van der Waals surface area (Å²) in [5.74, 6) is -1.37. The van der Waals surface area contributed by atoms with Gasteiger partial charge in [0, 0.05) is 17.8 Å². The summed E-state index contributed by atoms with van der Waals surface area (Å²) in [6.45, 7) is -0.528. The molecule has 3 aromatic rings. The zero-order valence-electron chi connectivity index (χ0n) is 17.9. The maximum atomic E-state index is 12.8. The Labute approximate surface area is 195 Å². The number of para-hydroxylation sites is 1. The molecule has 0 radical (unpaired) electrons. The molecular weight excluding hydrogens is 448 g/mol. The number of halogens is 1. The molecule has 170 valence electrons. The van der Waals surface area contributed by atoms with Crippen LogP contribution in [0.25, 0.3) is 0 Å². The lowest BCUT2D eigenvalue weighted by atomic mass is 10.1. The minimum Gasteiger partial charge on any atom is -0.493 e. The first-order chi connectivity index (χ1) is 15.9. The van der Waals surface area contributed by atoms with E-state index in [1.165, 1.54) is 26.4 Å². The highest BCUT2D eigenvalue weighted by Gasteiger charge is 2.21. The summed E-state index contributed by atoms with van der Waals surface area (Å²) in [7, 11) is 2.83. The van der Waals surface area contributed by atoms with Crippen molar-refractivity contribution in [3.05, 3.63) is 82.9 Å². The third-order valence-electron chi connectivity index (χ3n) is 4.50. The molecule has 0 saturated heterocycles. The van der Waals surface area contributed by atoms with Crippen LogP contribution in [-0.4, -0.2) is 38.6 Å². The van der Waals surface area contributed by atoms with Gasteiger partial charge in [0.15, 0.2) is 18.1 Å². The highest BCUT2D eigenvalue weighted by atomic mass is 35.5. The molecule has 0 atom stereocenters. The van der Waals surface area contributed by atoms with Gasteiger partial charge in [-0.25, -0.2) is 4.79 Å². The number of benzene rings is 3. The summed E-state index contributed by atoms with van der Waals surface area (Å²) in [5.41, 5.74) is 0.861. The number of carbonyl (C=O) groups is 3. The first-order valence-electron chi connectivity index (χ1n) is 9.77. The van der Waals surface area contributed by atoms with Crippen molar-refractivity contribution in [2.24, 2.45) is 0 Å². The molecule has 2 amide bonds. The third-order valence-corrected chi connectivity index (χ3v) is 4.83. The summed E-state index contributed by atoms with van der Waals surface area (Å²) < 4.78 is 15.7. The van der Waals surface area contributed by atoms with E-state index in [9.17, 15) is 14.4 Å². The Morgan fingerprint density at radius 1 is 0.818 bits per heavy atom. The molecule has 3 rings (SSSR count). The van der Waals surface area contributed by atoms with E-state index in [4.69, 9.17) is 25.8 Å². The van der Waals surface area contributed by atoms with Gasteiger partial charge in [-0.2, -0.15) is 0 Å². The largest absolute Gasteiger partial charge is 0.493 e. The van der Waals surface area contributed by atoms with Gasteiger partial charge in [0.1, 0.15) is 0 Å². The molecule has 0 fully saturated rings. The summed E-state index contributed by atoms with van der Waals surface area (Å²) in [6, 6.07) is 18.0. The van der Waals surface area contributed by atoms with Gasteiger partial charge < -0.3 is 24.8 Å². The molecule has 0 bridgehead atoms. The van der Waals surface area contributed by atoms with E-state index in [1.54, 1.807) is 48.5 Å². The van der Waals surface area contributed by atoms with Crippen molar-refractivity contribution < 1.29 is 28.6 Å². The van der Waals surface area contributed by atoms with Crippen molar-refractivity contribution in [2.45, 2.75) is 0 Å². The Morgan fingerprint density at radius 2 is 1.45 bits per heavy atom. The number of nitrogens with one attached hydrogen (secondary N) is 2. The summed E-state index contributed by atoms with van der Waals surface area (Å²) in [4.78, 5) is 37.7. The predicted molar refractivity (Wildman–Crippen MR) is 124 cm³/mol. The number of carbonyl (C=O) groups excluding carboxylic acids is 3. The van der Waals surface area contributed by atoms with Crippen LogP contribution in [0, 0.1) is 0 Å². The first-order valence-corrected chi connectivity index (χ1v) is 10.1. The van der Waals surface area contributed by atoms with E-state index in [2.05, 4.69) is 10.6 Å². The van der Waals surface area contributed by atoms with Crippen molar-refractivity contribution in [2.75, 3.05) is 31.5 Å². The number of methoxy groups -OCH3 is 2. The molecule has 2 N–H and O–H groups in total. The molecule has 0 unspecified atom stereocenters. The standard InChI is InChI=1S/C24H21ClN2O6/c1-31-20-12-17(24(30)33-14-22(28)26-15-8-4-3-5-9-15)19(13-21(20)32-2)27-23(29)16-10-6-7-11-18(16)25/h3-13H,14H2,1-2H3,(H,26,28)(H,27,29). The van der Waals surface area contributed by atoms with Crippen LogP contribution in [0.4, 0.5) is 11.4 Å². The SMILES string of the molecule is COc1cc(NC(=O)c2ccccc2Cl)c(C(=O)OCC(=O)Nc2ccccc2)cc1OC. The van der Waals surface area contributed by atoms with Gasteiger partial charge in [0.25, 0.3) is 11.8 Å². The number of rotatable bonds is 8. The molecule has 0 aliphatic rings. The number of hydrogen-bond acceptors (Lipinski definition) is 6. The van der Waals surface area contributed by atoms with E-state index in [-0.39, 0.29) is 33.3 Å². The van der Waals surface area contributed by atoms with Crippen LogP contribution < -0.4 is 20.1 Å². The first kappa shape index (κ1) is 23.6. The van der Waals surface area contributed by atoms with Gasteiger partial charge in [-0.1, -0.05) is 41.9 Å². The Hall–Kier alpha value is -4.04. The Kier molecular flexibility index (Phi) is 7.88. The highest BCUT2D eigenvalue weighted by molar-refractivity contribution is 6.34. The van der Waals surface area contributed by atoms with Crippen LogP contribution in [0.15, 0.2) is 66.7 Å². The summed E-state index contributed by atoms with van der Waals surface area (Å²) >= 11 is 6.10. The topological polar surface area (TPSA) is 103 Å². The van der Waals surface area contributed by atoms with Crippen molar-refractivity contribution >= 4 is 40.8 Å². The van der Waals surface area contributed by atoms with E-state index in [0.717, 1.165) is 0 Å². The number of esters is 1. The van der Waals surface area contributed by atoms with Crippen molar-refractivity contribution in [3.63, 3.8) is 0 Å². The second-order valence-electron chi connectivity index (χ2n) is 6.68. The smallest absolute Gasteiger partial charge is 0.340 e. The van der Waals surface area contributed by atoms with Gasteiger partial charge in [-0.3, -0.25) is 9.59 Å². The molecule has 33 heavy (non-hydrogen) atoms. The molecule has 0 aliphatic heterocycles. The average Bonchev–Trinajstić information content (AvgIpc) is 2.83. The molecular formula is C24H21ClN2O6. The maximum absolute atomic E-state index is 12.8. The number of ether oxygens (including phenoxy) is 3. The Bertz CT molecular complexity index is 1170. The molecule has 9 heteroatoms. The van der Waals surface area contributed by atoms with E-state index in [0.29, 0.717) is 5.69 Å². The molecule has 3 aromatic carbocycles. The fourth-order valence-electron chi connectivity index (χ4n) is 2.91. The molecule has 0 aliphatic carbocycles. The lowest BCUT2D eigenvalue weighted by Gasteiger charge is -2.15. The van der Waals surface area contributed by atoms with Gasteiger partial charge in [-0.05, 0) is 24.3 Å². The summed E-state index contributed by atoms with van der Waals surface area (Å²) in [5, 5.41) is 5.51. The highest BCUT2D eigenvalue weighted by Crippen LogP contribution is 2.34. The maximum Gasteiger partial charge on any atom is 0.340 e. The number of hydrogen-bond donors (Lipinski definition) is 2. The molecule has 0 spiro atoms. The van der Waals surface area contributed by atoms with E-state index < -0.39 is 24.4 Å². The second-order valence-corrected chi connectivity index (χ2v) is 7.08. The minimum atomic E-state index is -0.839. The number of amides is 2. The second kappa shape index (κ2) is 11.0. The zero-order valence-corrected chi connectivity index (χ0v) is 18.6. The third kappa shape index (κ3) is 6.02. The van der Waals surface area contributed by atoms with Gasteiger partial charge >= 0.3 is 5.97 Å². The van der Waals surface area contributed by atoms with Crippen LogP contribution in [-0.2, 0) is 9.53 Å².